The molecule has 1 rings (SSSR count). The third-order valence-corrected chi connectivity index (χ3v) is 2.96. The first-order valence-electron chi connectivity index (χ1n) is 7.01. The molecule has 0 aromatic heterocycles. The smallest absolute Gasteiger partial charge is 0.320 e. The van der Waals surface area contributed by atoms with Crippen molar-refractivity contribution in [1.29, 1.82) is 0 Å². The second-order valence-corrected chi connectivity index (χ2v) is 4.47. The average Bonchev–Trinajstić information content (AvgIpc) is 2.51. The number of benzene rings is 1. The number of ether oxygens (including phenoxy) is 1. The molecule has 0 bridgehead atoms. The van der Waals surface area contributed by atoms with Gasteiger partial charge in [0.05, 0.1) is 12.8 Å². The van der Waals surface area contributed by atoms with Gasteiger partial charge in [0.25, 0.3) is 0 Å². The lowest BCUT2D eigenvalue weighted by Gasteiger charge is -2.19. The van der Waals surface area contributed by atoms with Crippen molar-refractivity contribution in [2.24, 2.45) is 5.73 Å². The maximum Gasteiger partial charge on any atom is 0.320 e. The van der Waals surface area contributed by atoms with E-state index in [4.69, 9.17) is 15.6 Å². The van der Waals surface area contributed by atoms with Gasteiger partial charge in [0.2, 0.25) is 11.7 Å². The number of rotatable bonds is 5. The predicted octanol–water partition coefficient (Wildman–Crippen LogP) is 2.22. The summed E-state index contributed by atoms with van der Waals surface area (Å²) in [5.74, 6) is -4.88. The summed E-state index contributed by atoms with van der Waals surface area (Å²) in [7, 11) is 1.13. The van der Waals surface area contributed by atoms with E-state index in [1.807, 2.05) is 13.8 Å². The zero-order valence-electron chi connectivity index (χ0n) is 13.8. The molecule has 0 spiro atoms. The minimum absolute atomic E-state index is 0.0926. The Kier molecular flexibility index (Phi) is 8.17. The van der Waals surface area contributed by atoms with E-state index in [-0.39, 0.29) is 23.2 Å². The largest absolute Gasteiger partial charge is 0.493 e. The topological polar surface area (TPSA) is 102 Å². The van der Waals surface area contributed by atoms with Gasteiger partial charge in [0.15, 0.2) is 11.6 Å². The SMILES string of the molecule is CC.COc1c(F)c(F)c(NC(C)=O)c(C)c1CC(N)C(=O)O. The summed E-state index contributed by atoms with van der Waals surface area (Å²) in [6.45, 7) is 6.56. The van der Waals surface area contributed by atoms with Crippen LogP contribution in [0.15, 0.2) is 0 Å². The molecule has 8 heteroatoms. The standard InChI is InChI=1S/C13H16F2N2O4.C2H6/c1-5-7(4-8(16)13(19)20)12(21-3)10(15)9(14)11(5)17-6(2)18;1-2/h8H,4,16H2,1-3H3,(H,17,18)(H,19,20);1-2H3. The fraction of sp³-hybridized carbons (Fsp3) is 0.467. The van der Waals surface area contributed by atoms with E-state index >= 15 is 0 Å². The van der Waals surface area contributed by atoms with Gasteiger partial charge in [-0.2, -0.15) is 4.39 Å². The lowest BCUT2D eigenvalue weighted by molar-refractivity contribution is -0.138. The van der Waals surface area contributed by atoms with Crippen molar-refractivity contribution in [3.8, 4) is 5.75 Å². The van der Waals surface area contributed by atoms with Gasteiger partial charge in [-0.15, -0.1) is 0 Å². The normalized spacial score (nSPS) is 11.1. The van der Waals surface area contributed by atoms with Crippen LogP contribution in [0.2, 0.25) is 0 Å². The van der Waals surface area contributed by atoms with E-state index in [2.05, 4.69) is 5.32 Å². The Morgan fingerprint density at radius 2 is 1.83 bits per heavy atom. The fourth-order valence-electron chi connectivity index (χ4n) is 1.92. The van der Waals surface area contributed by atoms with Crippen molar-refractivity contribution in [3.63, 3.8) is 0 Å². The van der Waals surface area contributed by atoms with Gasteiger partial charge >= 0.3 is 5.97 Å². The van der Waals surface area contributed by atoms with Gasteiger partial charge in [0, 0.05) is 18.9 Å². The number of carboxylic acids is 1. The maximum absolute atomic E-state index is 14.0. The van der Waals surface area contributed by atoms with Crippen LogP contribution in [0.3, 0.4) is 0 Å². The van der Waals surface area contributed by atoms with Crippen molar-refractivity contribution in [2.45, 2.75) is 40.2 Å². The Hall–Kier alpha value is -2.22. The van der Waals surface area contributed by atoms with E-state index in [1.54, 1.807) is 0 Å². The van der Waals surface area contributed by atoms with Crippen LogP contribution in [0.1, 0.15) is 31.9 Å². The number of anilines is 1. The average molecular weight is 332 g/mol. The minimum Gasteiger partial charge on any atom is -0.493 e. The Labute approximate surface area is 133 Å². The minimum atomic E-state index is -1.31. The Morgan fingerprint density at radius 1 is 1.30 bits per heavy atom. The number of aliphatic carboxylic acids is 1. The first-order valence-corrected chi connectivity index (χ1v) is 7.01. The lowest BCUT2D eigenvalue weighted by Crippen LogP contribution is -2.33. The molecule has 0 heterocycles. The van der Waals surface area contributed by atoms with E-state index < -0.39 is 35.3 Å². The zero-order valence-corrected chi connectivity index (χ0v) is 13.8. The zero-order chi connectivity index (χ0) is 18.3. The lowest BCUT2D eigenvalue weighted by atomic mass is 9.97. The van der Waals surface area contributed by atoms with E-state index in [0.717, 1.165) is 14.0 Å². The maximum atomic E-state index is 14.0. The van der Waals surface area contributed by atoms with Crippen LogP contribution < -0.4 is 15.8 Å². The van der Waals surface area contributed by atoms with E-state index in [1.165, 1.54) is 6.92 Å². The van der Waals surface area contributed by atoms with Crippen LogP contribution in [0, 0.1) is 18.6 Å². The molecule has 0 aliphatic carbocycles. The monoisotopic (exact) mass is 332 g/mol. The molecule has 1 aromatic carbocycles. The summed E-state index contributed by atoms with van der Waals surface area (Å²) in [5.41, 5.74) is 5.33. The molecule has 0 aliphatic heterocycles. The second-order valence-electron chi connectivity index (χ2n) is 4.47. The Bertz CT molecular complexity index is 592. The molecule has 6 nitrogen and oxygen atoms in total. The number of carboxylic acid groups (broad SMARTS) is 1. The summed E-state index contributed by atoms with van der Waals surface area (Å²) in [5, 5.41) is 11.0. The first kappa shape index (κ1) is 20.8. The van der Waals surface area contributed by atoms with E-state index in [9.17, 15) is 18.4 Å². The summed E-state index contributed by atoms with van der Waals surface area (Å²) in [6.07, 6.45) is -0.270. The summed E-state index contributed by atoms with van der Waals surface area (Å²) in [6, 6.07) is -1.31. The Balaban J connectivity index is 0.00000232. The van der Waals surface area contributed by atoms with Gasteiger partial charge in [-0.1, -0.05) is 13.8 Å². The second kappa shape index (κ2) is 9.04. The summed E-state index contributed by atoms with van der Waals surface area (Å²) in [4.78, 5) is 21.9. The van der Waals surface area contributed by atoms with Crippen LogP contribution in [-0.4, -0.2) is 30.1 Å². The third-order valence-electron chi connectivity index (χ3n) is 2.96. The van der Waals surface area contributed by atoms with Crippen LogP contribution in [0.25, 0.3) is 0 Å². The highest BCUT2D eigenvalue weighted by atomic mass is 19.2. The van der Waals surface area contributed by atoms with Crippen LogP contribution in [-0.2, 0) is 16.0 Å². The molecular weight excluding hydrogens is 310 g/mol. The number of nitrogens with two attached hydrogens (primary N) is 1. The first-order chi connectivity index (χ1) is 10.7. The molecule has 0 saturated carbocycles. The molecule has 1 atom stereocenters. The molecule has 1 aromatic rings. The molecule has 130 valence electrons. The molecule has 4 N–H and O–H groups in total. The molecule has 1 amide bonds. The highest BCUT2D eigenvalue weighted by molar-refractivity contribution is 5.90. The molecule has 1 unspecified atom stereocenters. The number of carbonyl (C=O) groups is 2. The fourth-order valence-corrected chi connectivity index (χ4v) is 1.92. The number of methoxy groups -OCH3 is 1. The van der Waals surface area contributed by atoms with E-state index in [0.29, 0.717) is 0 Å². The van der Waals surface area contributed by atoms with Gasteiger partial charge < -0.3 is 20.9 Å². The highest BCUT2D eigenvalue weighted by Gasteiger charge is 2.26. The quantitative estimate of drug-likeness (QED) is 0.767. The van der Waals surface area contributed by atoms with Crippen LogP contribution in [0.4, 0.5) is 14.5 Å². The van der Waals surface area contributed by atoms with Crippen LogP contribution in [0.5, 0.6) is 5.75 Å². The number of nitrogens with one attached hydrogen (secondary N) is 1. The predicted molar refractivity (Wildman–Crippen MR) is 82.6 cm³/mol. The molecule has 0 aliphatic rings. The molecule has 0 fully saturated rings. The van der Waals surface area contributed by atoms with Crippen molar-refractivity contribution in [3.05, 3.63) is 22.8 Å². The number of hydrogen-bond acceptors (Lipinski definition) is 4. The van der Waals surface area contributed by atoms with Crippen molar-refractivity contribution in [2.75, 3.05) is 12.4 Å². The summed E-state index contributed by atoms with van der Waals surface area (Å²) >= 11 is 0. The van der Waals surface area contributed by atoms with Crippen LogP contribution >= 0.6 is 0 Å². The summed E-state index contributed by atoms with van der Waals surface area (Å²) < 4.78 is 32.7. The molecule has 0 saturated heterocycles. The molecular formula is C15H22F2N2O4. The van der Waals surface area contributed by atoms with Gasteiger partial charge in [0.1, 0.15) is 6.04 Å². The van der Waals surface area contributed by atoms with Gasteiger partial charge in [-0.25, -0.2) is 4.39 Å². The number of amides is 1. The Morgan fingerprint density at radius 3 is 2.22 bits per heavy atom. The van der Waals surface area contributed by atoms with Gasteiger partial charge in [-0.3, -0.25) is 9.59 Å². The van der Waals surface area contributed by atoms with Crippen molar-refractivity contribution < 1.29 is 28.2 Å². The number of carbonyl (C=O) groups excluding carboxylic acids is 1. The van der Waals surface area contributed by atoms with Crippen molar-refractivity contribution in [1.82, 2.24) is 0 Å². The highest BCUT2D eigenvalue weighted by Crippen LogP contribution is 2.35. The number of hydrogen-bond donors (Lipinski definition) is 3. The number of halogens is 2. The third kappa shape index (κ3) is 4.88. The molecule has 23 heavy (non-hydrogen) atoms. The van der Waals surface area contributed by atoms with Crippen molar-refractivity contribution >= 4 is 17.6 Å². The molecule has 0 radical (unpaired) electrons. The van der Waals surface area contributed by atoms with Gasteiger partial charge in [-0.05, 0) is 12.5 Å².